The molecule has 1 fully saturated rings. The van der Waals surface area contributed by atoms with E-state index in [1.165, 1.54) is 0 Å². The predicted molar refractivity (Wildman–Crippen MR) is 49.4 cm³/mol. The van der Waals surface area contributed by atoms with Crippen molar-refractivity contribution in [2.45, 2.75) is 25.9 Å². The lowest BCUT2D eigenvalue weighted by atomic mass is 10.1. The first-order chi connectivity index (χ1) is 5.63. The molecule has 0 atom stereocenters. The Kier molecular flexibility index (Phi) is 2.88. The van der Waals surface area contributed by atoms with Gasteiger partial charge in [-0.1, -0.05) is 0 Å². The van der Waals surface area contributed by atoms with Gasteiger partial charge in [-0.2, -0.15) is 0 Å². The fourth-order valence-corrected chi connectivity index (χ4v) is 1.23. The number of nitrogens with zero attached hydrogens (tertiary/aromatic N) is 2. The molecule has 1 saturated heterocycles. The standard InChI is InChI=1S/C7H17N5/c1-5(2)12-3-6(4-12)10-7(8)11-9/h5-6H,3-4,9H2,1-2H3,(H3,8,10,11). The van der Waals surface area contributed by atoms with E-state index in [-0.39, 0.29) is 0 Å². The summed E-state index contributed by atoms with van der Waals surface area (Å²) in [6.07, 6.45) is 0. The van der Waals surface area contributed by atoms with Crippen LogP contribution >= 0.6 is 0 Å². The highest BCUT2D eigenvalue weighted by atomic mass is 15.3. The molecule has 1 aliphatic heterocycles. The van der Waals surface area contributed by atoms with Gasteiger partial charge in [0.1, 0.15) is 0 Å². The van der Waals surface area contributed by atoms with E-state index < -0.39 is 0 Å². The highest BCUT2D eigenvalue weighted by Gasteiger charge is 2.27. The van der Waals surface area contributed by atoms with E-state index in [0.717, 1.165) is 13.1 Å². The van der Waals surface area contributed by atoms with E-state index in [9.17, 15) is 0 Å². The number of hydrazine groups is 1. The summed E-state index contributed by atoms with van der Waals surface area (Å²) >= 11 is 0. The van der Waals surface area contributed by atoms with E-state index in [0.29, 0.717) is 18.0 Å². The lowest BCUT2D eigenvalue weighted by molar-refractivity contribution is 0.113. The Hall–Kier alpha value is -0.810. The molecule has 0 radical (unpaired) electrons. The number of nitrogens with two attached hydrogens (primary N) is 2. The molecule has 0 aromatic heterocycles. The van der Waals surface area contributed by atoms with Crippen LogP contribution in [0.4, 0.5) is 0 Å². The van der Waals surface area contributed by atoms with Crippen molar-refractivity contribution in [3.05, 3.63) is 0 Å². The van der Waals surface area contributed by atoms with Gasteiger partial charge in [-0.05, 0) is 13.8 Å². The lowest BCUT2D eigenvalue weighted by Crippen LogP contribution is -2.54. The fourth-order valence-electron chi connectivity index (χ4n) is 1.23. The Morgan fingerprint density at radius 3 is 2.58 bits per heavy atom. The van der Waals surface area contributed by atoms with Crippen molar-refractivity contribution in [2.75, 3.05) is 13.1 Å². The first-order valence-corrected chi connectivity index (χ1v) is 4.17. The minimum Gasteiger partial charge on any atom is -0.369 e. The predicted octanol–water partition coefficient (Wildman–Crippen LogP) is -1.14. The molecule has 0 spiro atoms. The highest BCUT2D eigenvalue weighted by molar-refractivity contribution is 5.77. The second-order valence-electron chi connectivity index (χ2n) is 3.36. The van der Waals surface area contributed by atoms with E-state index in [2.05, 4.69) is 29.2 Å². The number of rotatable bonds is 2. The summed E-state index contributed by atoms with van der Waals surface area (Å²) in [5.74, 6) is 5.40. The van der Waals surface area contributed by atoms with Gasteiger partial charge in [-0.3, -0.25) is 10.3 Å². The van der Waals surface area contributed by atoms with Crippen molar-refractivity contribution < 1.29 is 0 Å². The van der Waals surface area contributed by atoms with E-state index in [1.54, 1.807) is 0 Å². The summed E-state index contributed by atoms with van der Waals surface area (Å²) in [6, 6.07) is 0.923. The Balaban J connectivity index is 2.26. The van der Waals surface area contributed by atoms with Crippen molar-refractivity contribution in [3.8, 4) is 0 Å². The molecule has 70 valence electrons. The molecular formula is C7H17N5. The average Bonchev–Trinajstić information content (AvgIpc) is 1.94. The van der Waals surface area contributed by atoms with Gasteiger partial charge < -0.3 is 5.73 Å². The normalized spacial score (nSPS) is 21.2. The topological polar surface area (TPSA) is 79.7 Å². The number of aliphatic imine (C=N–C) groups is 1. The van der Waals surface area contributed by atoms with E-state index >= 15 is 0 Å². The smallest absolute Gasteiger partial charge is 0.203 e. The van der Waals surface area contributed by atoms with Gasteiger partial charge in [-0.15, -0.1) is 0 Å². The molecule has 1 heterocycles. The third-order valence-corrected chi connectivity index (χ3v) is 2.09. The van der Waals surface area contributed by atoms with E-state index in [1.807, 2.05) is 0 Å². The first-order valence-electron chi connectivity index (χ1n) is 4.17. The molecule has 0 aliphatic carbocycles. The van der Waals surface area contributed by atoms with Crippen molar-refractivity contribution in [2.24, 2.45) is 16.6 Å². The molecule has 12 heavy (non-hydrogen) atoms. The number of hydrogen-bond acceptors (Lipinski definition) is 3. The third kappa shape index (κ3) is 2.09. The van der Waals surface area contributed by atoms with Gasteiger partial charge in [0.2, 0.25) is 5.96 Å². The molecule has 5 N–H and O–H groups in total. The molecule has 0 amide bonds. The van der Waals surface area contributed by atoms with Crippen molar-refractivity contribution in [3.63, 3.8) is 0 Å². The van der Waals surface area contributed by atoms with E-state index in [4.69, 9.17) is 11.6 Å². The maximum absolute atomic E-state index is 5.40. The number of guanidine groups is 1. The summed E-state index contributed by atoms with van der Waals surface area (Å²) in [7, 11) is 0. The molecular weight excluding hydrogens is 154 g/mol. The molecule has 0 saturated carbocycles. The van der Waals surface area contributed by atoms with Crippen LogP contribution in [-0.2, 0) is 0 Å². The van der Waals surface area contributed by atoms with Crippen LogP contribution in [0, 0.1) is 0 Å². The van der Waals surface area contributed by atoms with Crippen molar-refractivity contribution in [1.29, 1.82) is 0 Å². The van der Waals surface area contributed by atoms with Crippen LogP contribution in [0.15, 0.2) is 4.99 Å². The summed E-state index contributed by atoms with van der Waals surface area (Å²) in [5.41, 5.74) is 7.72. The van der Waals surface area contributed by atoms with Gasteiger partial charge in [0, 0.05) is 19.1 Å². The zero-order chi connectivity index (χ0) is 9.14. The zero-order valence-corrected chi connectivity index (χ0v) is 7.62. The Morgan fingerprint density at radius 1 is 1.58 bits per heavy atom. The molecule has 5 nitrogen and oxygen atoms in total. The molecule has 5 heteroatoms. The van der Waals surface area contributed by atoms with Gasteiger partial charge in [0.25, 0.3) is 0 Å². The Morgan fingerprint density at radius 2 is 2.17 bits per heavy atom. The summed E-state index contributed by atoms with van der Waals surface area (Å²) < 4.78 is 0. The molecule has 0 aromatic carbocycles. The number of likely N-dealkylation sites (tertiary alicyclic amines) is 1. The highest BCUT2D eigenvalue weighted by Crippen LogP contribution is 2.14. The fraction of sp³-hybridized carbons (Fsp3) is 0.857. The van der Waals surface area contributed by atoms with Gasteiger partial charge in [-0.25, -0.2) is 10.8 Å². The molecule has 0 aromatic rings. The summed E-state index contributed by atoms with van der Waals surface area (Å²) in [5, 5.41) is 0. The molecule has 1 aliphatic rings. The second-order valence-corrected chi connectivity index (χ2v) is 3.36. The quantitative estimate of drug-likeness (QED) is 0.212. The second kappa shape index (κ2) is 3.73. The minimum absolute atomic E-state index is 0.323. The van der Waals surface area contributed by atoms with Crippen LogP contribution in [0.25, 0.3) is 0 Å². The SMILES string of the molecule is CC(C)N1CC(N=C(N)NN)C1. The maximum atomic E-state index is 5.40. The maximum Gasteiger partial charge on any atom is 0.203 e. The monoisotopic (exact) mass is 171 g/mol. The van der Waals surface area contributed by atoms with Crippen molar-refractivity contribution in [1.82, 2.24) is 10.3 Å². The Labute approximate surface area is 72.8 Å². The van der Waals surface area contributed by atoms with Gasteiger partial charge in [0.05, 0.1) is 6.04 Å². The molecule has 0 bridgehead atoms. The number of hydrogen-bond donors (Lipinski definition) is 3. The minimum atomic E-state index is 0.323. The van der Waals surface area contributed by atoms with Gasteiger partial charge in [0.15, 0.2) is 0 Å². The lowest BCUT2D eigenvalue weighted by Gasteiger charge is -2.39. The summed E-state index contributed by atoms with van der Waals surface area (Å²) in [4.78, 5) is 6.48. The summed E-state index contributed by atoms with van der Waals surface area (Å²) in [6.45, 7) is 6.31. The third-order valence-electron chi connectivity index (χ3n) is 2.09. The van der Waals surface area contributed by atoms with Crippen LogP contribution in [0.3, 0.4) is 0 Å². The zero-order valence-electron chi connectivity index (χ0n) is 7.62. The van der Waals surface area contributed by atoms with Crippen LogP contribution in [0.1, 0.15) is 13.8 Å². The first kappa shape index (κ1) is 9.28. The van der Waals surface area contributed by atoms with Gasteiger partial charge >= 0.3 is 0 Å². The Bertz CT molecular complexity index is 171. The van der Waals surface area contributed by atoms with Crippen molar-refractivity contribution >= 4 is 5.96 Å². The molecule has 0 unspecified atom stereocenters. The largest absolute Gasteiger partial charge is 0.369 e. The van der Waals surface area contributed by atoms with Crippen LogP contribution in [0.2, 0.25) is 0 Å². The number of nitrogens with one attached hydrogen (secondary N) is 1. The van der Waals surface area contributed by atoms with Crippen LogP contribution in [-0.4, -0.2) is 36.0 Å². The van der Waals surface area contributed by atoms with Crippen LogP contribution in [0.5, 0.6) is 0 Å². The molecule has 1 rings (SSSR count). The average molecular weight is 171 g/mol. The van der Waals surface area contributed by atoms with Crippen LogP contribution < -0.4 is 17.0 Å².